The van der Waals surface area contributed by atoms with Gasteiger partial charge in [-0.2, -0.15) is 0 Å². The number of rotatable bonds is 9. The summed E-state index contributed by atoms with van der Waals surface area (Å²) in [6, 6.07) is 9.56. The van der Waals surface area contributed by atoms with Crippen LogP contribution in [0.3, 0.4) is 0 Å². The molecule has 0 bridgehead atoms. The smallest absolute Gasteiger partial charge is 0.317 e. The number of carbonyl (C=O) groups excluding carboxylic acids is 1. The Morgan fingerprint density at radius 2 is 1.77 bits per heavy atom. The molecule has 6 heteroatoms. The minimum Gasteiger partial charge on any atom is -0.492 e. The third kappa shape index (κ3) is 8.10. The Bertz CT molecular complexity index is 400. The summed E-state index contributed by atoms with van der Waals surface area (Å²) in [4.78, 5) is 15.8. The van der Waals surface area contributed by atoms with Crippen molar-refractivity contribution in [1.82, 2.24) is 15.1 Å². The van der Waals surface area contributed by atoms with Gasteiger partial charge in [-0.25, -0.2) is 4.79 Å². The van der Waals surface area contributed by atoms with Crippen LogP contribution in [-0.4, -0.2) is 62.2 Å². The van der Waals surface area contributed by atoms with Crippen molar-refractivity contribution >= 4 is 18.4 Å². The van der Waals surface area contributed by atoms with Crippen molar-refractivity contribution in [3.05, 3.63) is 30.3 Å². The van der Waals surface area contributed by atoms with Crippen LogP contribution in [0.5, 0.6) is 5.75 Å². The number of halogens is 1. The van der Waals surface area contributed by atoms with E-state index in [2.05, 4.69) is 24.1 Å². The molecule has 0 unspecified atom stereocenters. The fraction of sp³-hybridized carbons (Fsp3) is 0.562. The van der Waals surface area contributed by atoms with Crippen molar-refractivity contribution in [2.75, 3.05) is 46.4 Å². The Labute approximate surface area is 140 Å². The second kappa shape index (κ2) is 12.1. The summed E-state index contributed by atoms with van der Waals surface area (Å²) in [5, 5.41) is 2.92. The maximum Gasteiger partial charge on any atom is 0.317 e. The van der Waals surface area contributed by atoms with Crippen LogP contribution in [0.1, 0.15) is 13.8 Å². The van der Waals surface area contributed by atoms with Crippen LogP contribution in [0, 0.1) is 0 Å². The largest absolute Gasteiger partial charge is 0.492 e. The number of ether oxygens (including phenoxy) is 1. The average molecular weight is 330 g/mol. The lowest BCUT2D eigenvalue weighted by atomic mass is 10.3. The molecule has 0 spiro atoms. The Hall–Kier alpha value is -1.46. The summed E-state index contributed by atoms with van der Waals surface area (Å²) < 4.78 is 5.57. The van der Waals surface area contributed by atoms with Crippen LogP contribution in [0.2, 0.25) is 0 Å². The van der Waals surface area contributed by atoms with Crippen molar-refractivity contribution in [2.45, 2.75) is 13.8 Å². The van der Waals surface area contributed by atoms with Gasteiger partial charge < -0.3 is 19.9 Å². The molecule has 1 N–H and O–H groups in total. The molecule has 0 heterocycles. The highest BCUT2D eigenvalue weighted by Gasteiger charge is 2.08. The zero-order chi connectivity index (χ0) is 15.5. The first-order valence-electron chi connectivity index (χ1n) is 7.56. The van der Waals surface area contributed by atoms with E-state index in [1.165, 1.54) is 0 Å². The fourth-order valence-electron chi connectivity index (χ4n) is 1.91. The predicted molar refractivity (Wildman–Crippen MR) is 93.0 cm³/mol. The normalized spacial score (nSPS) is 10.0. The van der Waals surface area contributed by atoms with Crippen molar-refractivity contribution < 1.29 is 9.53 Å². The number of hydrogen-bond acceptors (Lipinski definition) is 3. The molecule has 1 aromatic carbocycles. The molecule has 2 amide bonds. The average Bonchev–Trinajstić information content (AvgIpc) is 2.52. The van der Waals surface area contributed by atoms with Crippen LogP contribution < -0.4 is 10.1 Å². The summed E-state index contributed by atoms with van der Waals surface area (Å²) >= 11 is 0. The summed E-state index contributed by atoms with van der Waals surface area (Å²) in [6.07, 6.45) is 0. The molecule has 1 rings (SSSR count). The molecule has 0 saturated carbocycles. The first-order valence-corrected chi connectivity index (χ1v) is 7.56. The van der Waals surface area contributed by atoms with Crippen LogP contribution in [0.4, 0.5) is 4.79 Å². The maximum absolute atomic E-state index is 11.9. The molecule has 0 saturated heterocycles. The molecular formula is C16H28ClN3O2. The van der Waals surface area contributed by atoms with Crippen LogP contribution in [0.15, 0.2) is 30.3 Å². The van der Waals surface area contributed by atoms with Gasteiger partial charge in [0.05, 0.1) is 6.54 Å². The molecule has 0 aliphatic heterocycles. The molecule has 0 fully saturated rings. The predicted octanol–water partition coefficient (Wildman–Crippen LogP) is 2.47. The standard InChI is InChI=1S/C16H27N3O2.ClH/c1-4-19(5-2)12-11-17-16(20)18(3)13-14-21-15-9-7-6-8-10-15;/h6-10H,4-5,11-14H2,1-3H3,(H,17,20);1H. The number of hydrogen-bond donors (Lipinski definition) is 1. The minimum absolute atomic E-state index is 0. The summed E-state index contributed by atoms with van der Waals surface area (Å²) in [5.74, 6) is 0.827. The van der Waals surface area contributed by atoms with E-state index >= 15 is 0 Å². The second-order valence-corrected chi connectivity index (χ2v) is 4.84. The summed E-state index contributed by atoms with van der Waals surface area (Å²) in [6.45, 7) is 8.87. The number of likely N-dealkylation sites (N-methyl/N-ethyl adjacent to an activating group) is 2. The number of nitrogens with zero attached hydrogens (tertiary/aromatic N) is 2. The zero-order valence-corrected chi connectivity index (χ0v) is 14.6. The van der Waals surface area contributed by atoms with Gasteiger partial charge in [0, 0.05) is 20.1 Å². The van der Waals surface area contributed by atoms with Crippen LogP contribution >= 0.6 is 12.4 Å². The van der Waals surface area contributed by atoms with Crippen molar-refractivity contribution in [3.63, 3.8) is 0 Å². The van der Waals surface area contributed by atoms with Gasteiger partial charge in [0.15, 0.2) is 0 Å². The van der Waals surface area contributed by atoms with E-state index < -0.39 is 0 Å². The van der Waals surface area contributed by atoms with E-state index in [-0.39, 0.29) is 18.4 Å². The first-order chi connectivity index (χ1) is 10.2. The Morgan fingerprint density at radius 1 is 1.14 bits per heavy atom. The van der Waals surface area contributed by atoms with Crippen molar-refractivity contribution in [1.29, 1.82) is 0 Å². The number of nitrogens with one attached hydrogen (secondary N) is 1. The Morgan fingerprint density at radius 3 is 2.36 bits per heavy atom. The molecule has 0 aromatic heterocycles. The minimum atomic E-state index is -0.0567. The molecule has 0 aliphatic carbocycles. The number of carbonyl (C=O) groups is 1. The van der Waals surface area contributed by atoms with Gasteiger partial charge in [-0.05, 0) is 25.2 Å². The van der Waals surface area contributed by atoms with Gasteiger partial charge in [0.2, 0.25) is 0 Å². The highest BCUT2D eigenvalue weighted by atomic mass is 35.5. The van der Waals surface area contributed by atoms with Crippen LogP contribution in [-0.2, 0) is 0 Å². The molecule has 0 radical (unpaired) electrons. The van der Waals surface area contributed by atoms with E-state index in [9.17, 15) is 4.79 Å². The summed E-state index contributed by atoms with van der Waals surface area (Å²) in [7, 11) is 1.78. The highest BCUT2D eigenvalue weighted by molar-refractivity contribution is 5.85. The van der Waals surface area contributed by atoms with E-state index in [1.807, 2.05) is 30.3 Å². The maximum atomic E-state index is 11.9. The highest BCUT2D eigenvalue weighted by Crippen LogP contribution is 2.07. The quantitative estimate of drug-likeness (QED) is 0.757. The van der Waals surface area contributed by atoms with Crippen LogP contribution in [0.25, 0.3) is 0 Å². The monoisotopic (exact) mass is 329 g/mol. The summed E-state index contributed by atoms with van der Waals surface area (Å²) in [5.41, 5.74) is 0. The molecule has 22 heavy (non-hydrogen) atoms. The zero-order valence-electron chi connectivity index (χ0n) is 13.7. The second-order valence-electron chi connectivity index (χ2n) is 4.84. The fourth-order valence-corrected chi connectivity index (χ4v) is 1.91. The lowest BCUT2D eigenvalue weighted by molar-refractivity contribution is 0.193. The molecule has 126 valence electrons. The van der Waals surface area contributed by atoms with Gasteiger partial charge in [-0.1, -0.05) is 32.0 Å². The first kappa shape index (κ1) is 20.5. The van der Waals surface area contributed by atoms with Gasteiger partial charge in [0.1, 0.15) is 12.4 Å². The SMILES string of the molecule is CCN(CC)CCNC(=O)N(C)CCOc1ccccc1.Cl. The third-order valence-corrected chi connectivity index (χ3v) is 3.38. The number of urea groups is 1. The topological polar surface area (TPSA) is 44.8 Å². The number of amides is 2. The lowest BCUT2D eigenvalue weighted by Gasteiger charge is -2.21. The third-order valence-electron chi connectivity index (χ3n) is 3.38. The van der Waals surface area contributed by atoms with Gasteiger partial charge in [-0.3, -0.25) is 0 Å². The molecule has 0 aliphatic rings. The molecule has 1 aromatic rings. The lowest BCUT2D eigenvalue weighted by Crippen LogP contribution is -2.42. The Kier molecular flexibility index (Phi) is 11.3. The van der Waals surface area contributed by atoms with E-state index in [1.54, 1.807) is 11.9 Å². The van der Waals surface area contributed by atoms with E-state index in [0.29, 0.717) is 19.7 Å². The molecular weight excluding hydrogens is 302 g/mol. The van der Waals surface area contributed by atoms with E-state index in [4.69, 9.17) is 4.74 Å². The number of para-hydroxylation sites is 1. The Balaban J connectivity index is 0.00000441. The van der Waals surface area contributed by atoms with E-state index in [0.717, 1.165) is 25.4 Å². The van der Waals surface area contributed by atoms with Crippen molar-refractivity contribution in [3.8, 4) is 5.75 Å². The van der Waals surface area contributed by atoms with Crippen molar-refractivity contribution in [2.24, 2.45) is 0 Å². The molecule has 5 nitrogen and oxygen atoms in total. The van der Waals surface area contributed by atoms with Gasteiger partial charge in [-0.15, -0.1) is 12.4 Å². The van der Waals surface area contributed by atoms with Gasteiger partial charge in [0.25, 0.3) is 0 Å². The number of benzene rings is 1. The van der Waals surface area contributed by atoms with Gasteiger partial charge >= 0.3 is 6.03 Å². The molecule has 0 atom stereocenters.